The Labute approximate surface area is 158 Å². The van der Waals surface area contributed by atoms with Crippen LogP contribution in [0.15, 0.2) is 30.3 Å². The highest BCUT2D eigenvalue weighted by Gasteiger charge is 2.27. The summed E-state index contributed by atoms with van der Waals surface area (Å²) in [5.74, 6) is -0.588. The predicted octanol–water partition coefficient (Wildman–Crippen LogP) is 4.07. The molecule has 0 bridgehead atoms. The maximum absolute atomic E-state index is 13.0. The SMILES string of the molecule is Cc1cc(C(=O)N2CCC(CC(=O)O)CC2)c(C)n1-c1cccc(Cl)c1. The summed E-state index contributed by atoms with van der Waals surface area (Å²) in [6.45, 7) is 5.14. The van der Waals surface area contributed by atoms with Gasteiger partial charge in [-0.05, 0) is 56.9 Å². The Morgan fingerprint density at radius 2 is 1.88 bits per heavy atom. The van der Waals surface area contributed by atoms with E-state index in [2.05, 4.69) is 0 Å². The highest BCUT2D eigenvalue weighted by Crippen LogP contribution is 2.26. The summed E-state index contributed by atoms with van der Waals surface area (Å²) in [4.78, 5) is 25.7. The average molecular weight is 375 g/mol. The van der Waals surface area contributed by atoms with E-state index in [1.807, 2.05) is 53.6 Å². The zero-order chi connectivity index (χ0) is 18.8. The van der Waals surface area contributed by atoms with E-state index in [1.165, 1.54) is 0 Å². The van der Waals surface area contributed by atoms with Crippen molar-refractivity contribution in [2.75, 3.05) is 13.1 Å². The van der Waals surface area contributed by atoms with E-state index in [0.29, 0.717) is 23.7 Å². The summed E-state index contributed by atoms with van der Waals surface area (Å²) in [5, 5.41) is 9.58. The topological polar surface area (TPSA) is 62.5 Å². The molecule has 0 aliphatic carbocycles. The quantitative estimate of drug-likeness (QED) is 0.877. The lowest BCUT2D eigenvalue weighted by atomic mass is 9.93. The third-order valence-electron chi connectivity index (χ3n) is 5.09. The minimum Gasteiger partial charge on any atom is -0.481 e. The second-order valence-electron chi connectivity index (χ2n) is 6.93. The number of benzene rings is 1. The van der Waals surface area contributed by atoms with Crippen LogP contribution in [0.2, 0.25) is 5.02 Å². The number of carbonyl (C=O) groups excluding carboxylic acids is 1. The van der Waals surface area contributed by atoms with Gasteiger partial charge in [-0.25, -0.2) is 0 Å². The number of carboxylic acids is 1. The number of aromatic nitrogens is 1. The number of piperidine rings is 1. The third-order valence-corrected chi connectivity index (χ3v) is 5.33. The first kappa shape index (κ1) is 18.5. The van der Waals surface area contributed by atoms with Crippen molar-refractivity contribution in [3.8, 4) is 5.69 Å². The summed E-state index contributed by atoms with van der Waals surface area (Å²) in [5.41, 5.74) is 3.50. The van der Waals surface area contributed by atoms with E-state index in [9.17, 15) is 9.59 Å². The minimum absolute atomic E-state index is 0.0140. The van der Waals surface area contributed by atoms with Gasteiger partial charge in [0.1, 0.15) is 0 Å². The van der Waals surface area contributed by atoms with Gasteiger partial charge in [0.25, 0.3) is 5.91 Å². The molecule has 0 atom stereocenters. The average Bonchev–Trinajstić information content (AvgIpc) is 2.89. The van der Waals surface area contributed by atoms with Crippen LogP contribution in [0, 0.1) is 19.8 Å². The fraction of sp³-hybridized carbons (Fsp3) is 0.400. The lowest BCUT2D eigenvalue weighted by Gasteiger charge is -2.31. The standard InChI is InChI=1S/C20H23ClN2O3/c1-13-10-18(14(2)23(13)17-5-3-4-16(21)12-17)20(26)22-8-6-15(7-9-22)11-19(24)25/h3-5,10,12,15H,6-9,11H2,1-2H3,(H,24,25). The molecule has 0 unspecified atom stereocenters. The molecule has 2 aromatic rings. The van der Waals surface area contributed by atoms with Crippen molar-refractivity contribution in [1.29, 1.82) is 0 Å². The summed E-state index contributed by atoms with van der Waals surface area (Å²) in [6, 6.07) is 9.49. The molecule has 1 amide bonds. The molecule has 1 aromatic heterocycles. The molecule has 1 saturated heterocycles. The number of halogens is 1. The fourth-order valence-corrected chi connectivity index (χ4v) is 3.93. The molecule has 1 aliphatic heterocycles. The van der Waals surface area contributed by atoms with E-state index >= 15 is 0 Å². The number of carboxylic acid groups (broad SMARTS) is 1. The zero-order valence-corrected chi connectivity index (χ0v) is 15.8. The van der Waals surface area contributed by atoms with E-state index in [4.69, 9.17) is 16.7 Å². The van der Waals surface area contributed by atoms with Crippen LogP contribution in [0.25, 0.3) is 5.69 Å². The second kappa shape index (κ2) is 7.54. The number of carbonyl (C=O) groups is 2. The fourth-order valence-electron chi connectivity index (χ4n) is 3.75. The Balaban J connectivity index is 1.79. The van der Waals surface area contributed by atoms with Crippen molar-refractivity contribution in [1.82, 2.24) is 9.47 Å². The van der Waals surface area contributed by atoms with E-state index < -0.39 is 5.97 Å². The predicted molar refractivity (Wildman–Crippen MR) is 101 cm³/mol. The molecule has 1 aromatic carbocycles. The number of amides is 1. The summed E-state index contributed by atoms with van der Waals surface area (Å²) in [6.07, 6.45) is 1.67. The number of hydrogen-bond acceptors (Lipinski definition) is 2. The molecule has 2 heterocycles. The maximum Gasteiger partial charge on any atom is 0.303 e. The van der Waals surface area contributed by atoms with Crippen LogP contribution in [0.1, 0.15) is 41.0 Å². The Kier molecular flexibility index (Phi) is 5.37. The number of aryl methyl sites for hydroxylation is 1. The van der Waals surface area contributed by atoms with Gasteiger partial charge in [-0.2, -0.15) is 0 Å². The van der Waals surface area contributed by atoms with Gasteiger partial charge in [-0.15, -0.1) is 0 Å². The van der Waals surface area contributed by atoms with Gasteiger partial charge in [0.2, 0.25) is 0 Å². The zero-order valence-electron chi connectivity index (χ0n) is 15.0. The van der Waals surface area contributed by atoms with Gasteiger partial charge >= 0.3 is 5.97 Å². The van der Waals surface area contributed by atoms with Crippen LogP contribution in [0.5, 0.6) is 0 Å². The monoisotopic (exact) mass is 374 g/mol. The first-order chi connectivity index (χ1) is 12.4. The van der Waals surface area contributed by atoms with Crippen molar-refractivity contribution in [3.05, 3.63) is 52.3 Å². The third kappa shape index (κ3) is 3.78. The van der Waals surface area contributed by atoms with Crippen LogP contribution in [0.3, 0.4) is 0 Å². The Hall–Kier alpha value is -2.27. The molecule has 138 valence electrons. The highest BCUT2D eigenvalue weighted by molar-refractivity contribution is 6.30. The van der Waals surface area contributed by atoms with Crippen molar-refractivity contribution in [2.24, 2.45) is 5.92 Å². The summed E-state index contributed by atoms with van der Waals surface area (Å²) < 4.78 is 2.04. The smallest absolute Gasteiger partial charge is 0.303 e. The Bertz CT molecular complexity index is 836. The molecule has 3 rings (SSSR count). The molecule has 5 nitrogen and oxygen atoms in total. The maximum atomic E-state index is 13.0. The molecule has 1 fully saturated rings. The molecule has 1 N–H and O–H groups in total. The number of hydrogen-bond donors (Lipinski definition) is 1. The van der Waals surface area contributed by atoms with Crippen molar-refractivity contribution in [2.45, 2.75) is 33.1 Å². The minimum atomic E-state index is -0.764. The summed E-state index contributed by atoms with van der Waals surface area (Å²) in [7, 11) is 0. The number of rotatable bonds is 4. The van der Waals surface area contributed by atoms with E-state index in [0.717, 1.165) is 29.9 Å². The lowest BCUT2D eigenvalue weighted by Crippen LogP contribution is -2.39. The van der Waals surface area contributed by atoms with Crippen molar-refractivity contribution >= 4 is 23.5 Å². The van der Waals surface area contributed by atoms with Gasteiger partial charge < -0.3 is 14.6 Å². The van der Waals surface area contributed by atoms with Gasteiger partial charge in [0.05, 0.1) is 5.56 Å². The first-order valence-electron chi connectivity index (χ1n) is 8.82. The van der Waals surface area contributed by atoms with Crippen LogP contribution < -0.4 is 0 Å². The van der Waals surface area contributed by atoms with Gasteiger partial charge in [-0.1, -0.05) is 17.7 Å². The lowest BCUT2D eigenvalue weighted by molar-refractivity contribution is -0.138. The van der Waals surface area contributed by atoms with Crippen LogP contribution in [0.4, 0.5) is 0 Å². The largest absolute Gasteiger partial charge is 0.481 e. The van der Waals surface area contributed by atoms with Gasteiger partial charge in [0.15, 0.2) is 0 Å². The van der Waals surface area contributed by atoms with Crippen LogP contribution in [-0.4, -0.2) is 39.5 Å². The number of aliphatic carboxylic acids is 1. The Morgan fingerprint density at radius 3 is 2.50 bits per heavy atom. The van der Waals surface area contributed by atoms with Crippen molar-refractivity contribution in [3.63, 3.8) is 0 Å². The Morgan fingerprint density at radius 1 is 1.19 bits per heavy atom. The van der Waals surface area contributed by atoms with Gasteiger partial charge in [-0.3, -0.25) is 9.59 Å². The molecular formula is C20H23ClN2O3. The molecule has 0 saturated carbocycles. The van der Waals surface area contributed by atoms with E-state index in [-0.39, 0.29) is 18.2 Å². The molecular weight excluding hydrogens is 352 g/mol. The van der Waals surface area contributed by atoms with Crippen LogP contribution in [-0.2, 0) is 4.79 Å². The number of nitrogens with zero attached hydrogens (tertiary/aromatic N) is 2. The number of likely N-dealkylation sites (tertiary alicyclic amines) is 1. The van der Waals surface area contributed by atoms with Gasteiger partial charge in [0, 0.05) is 41.6 Å². The van der Waals surface area contributed by atoms with Crippen LogP contribution >= 0.6 is 11.6 Å². The normalized spacial score (nSPS) is 15.3. The van der Waals surface area contributed by atoms with Crippen molar-refractivity contribution < 1.29 is 14.7 Å². The molecule has 26 heavy (non-hydrogen) atoms. The molecule has 0 radical (unpaired) electrons. The summed E-state index contributed by atoms with van der Waals surface area (Å²) >= 11 is 6.11. The molecule has 1 aliphatic rings. The van der Waals surface area contributed by atoms with E-state index in [1.54, 1.807) is 0 Å². The molecule has 6 heteroatoms. The molecule has 0 spiro atoms. The first-order valence-corrected chi connectivity index (χ1v) is 9.20. The second-order valence-corrected chi connectivity index (χ2v) is 7.37. The highest BCUT2D eigenvalue weighted by atomic mass is 35.5.